The summed E-state index contributed by atoms with van der Waals surface area (Å²) in [7, 11) is 1.87. The Balaban J connectivity index is 1.33. The molecule has 1 aromatic rings. The molecule has 2 fully saturated rings. The van der Waals surface area contributed by atoms with Gasteiger partial charge in [0, 0.05) is 64.3 Å². The van der Waals surface area contributed by atoms with E-state index in [1.807, 2.05) is 7.05 Å². The predicted molar refractivity (Wildman–Crippen MR) is 112 cm³/mol. The summed E-state index contributed by atoms with van der Waals surface area (Å²) in [4.78, 5) is 13.7. The molecule has 1 N–H and O–H groups in total. The van der Waals surface area contributed by atoms with Crippen LogP contribution in [-0.2, 0) is 11.2 Å². The molecule has 1 aliphatic carbocycles. The van der Waals surface area contributed by atoms with Crippen LogP contribution in [0.2, 0.25) is 0 Å². The van der Waals surface area contributed by atoms with Gasteiger partial charge in [-0.1, -0.05) is 26.2 Å². The minimum absolute atomic E-state index is 0.500. The third-order valence-electron chi connectivity index (χ3n) is 5.35. The minimum Gasteiger partial charge on any atom is -0.378 e. The molecule has 0 radical (unpaired) electrons. The summed E-state index contributed by atoms with van der Waals surface area (Å²) in [5.41, 5.74) is 0. The van der Waals surface area contributed by atoms with E-state index in [0.717, 1.165) is 69.1 Å². The molecule has 8 heteroatoms. The van der Waals surface area contributed by atoms with Crippen LogP contribution in [0.3, 0.4) is 0 Å². The lowest BCUT2D eigenvalue weighted by Gasteiger charge is -2.36. The largest absolute Gasteiger partial charge is 0.378 e. The number of anilines is 1. The Labute approximate surface area is 167 Å². The van der Waals surface area contributed by atoms with Crippen LogP contribution in [0, 0.1) is 0 Å². The first-order chi connectivity index (χ1) is 13.3. The highest BCUT2D eigenvalue weighted by molar-refractivity contribution is 7.09. The van der Waals surface area contributed by atoms with Crippen LogP contribution in [-0.4, -0.2) is 72.7 Å². The Morgan fingerprint density at radius 2 is 2.00 bits per heavy atom. The van der Waals surface area contributed by atoms with Gasteiger partial charge < -0.3 is 19.9 Å². The molecular weight excluding hydrogens is 360 g/mol. The van der Waals surface area contributed by atoms with Crippen molar-refractivity contribution in [1.29, 1.82) is 0 Å². The lowest BCUT2D eigenvalue weighted by molar-refractivity contribution is 0.0276. The second-order valence-corrected chi connectivity index (χ2v) is 8.01. The van der Waals surface area contributed by atoms with Gasteiger partial charge in [0.1, 0.15) is 5.82 Å². The Morgan fingerprint density at radius 1 is 1.22 bits per heavy atom. The van der Waals surface area contributed by atoms with Crippen LogP contribution in [0.15, 0.2) is 4.99 Å². The number of hydrogen-bond acceptors (Lipinski definition) is 6. The maximum atomic E-state index is 6.01. The summed E-state index contributed by atoms with van der Waals surface area (Å²) in [6, 6.07) is 0. The molecule has 2 heterocycles. The van der Waals surface area contributed by atoms with E-state index in [2.05, 4.69) is 36.4 Å². The molecule has 1 aromatic heterocycles. The van der Waals surface area contributed by atoms with E-state index in [4.69, 9.17) is 4.74 Å². The summed E-state index contributed by atoms with van der Waals surface area (Å²) >= 11 is 1.51. The zero-order chi connectivity index (χ0) is 18.9. The van der Waals surface area contributed by atoms with Gasteiger partial charge in [0.25, 0.3) is 0 Å². The molecule has 2 aliphatic rings. The van der Waals surface area contributed by atoms with Crippen LogP contribution in [0.4, 0.5) is 5.13 Å². The smallest absolute Gasteiger partial charge is 0.205 e. The fourth-order valence-corrected chi connectivity index (χ4v) is 4.51. The first-order valence-corrected chi connectivity index (χ1v) is 11.2. The molecule has 27 heavy (non-hydrogen) atoms. The maximum absolute atomic E-state index is 6.01. The number of piperazine rings is 1. The van der Waals surface area contributed by atoms with Gasteiger partial charge >= 0.3 is 0 Å². The van der Waals surface area contributed by atoms with Crippen LogP contribution in [0.1, 0.15) is 51.3 Å². The first-order valence-electron chi connectivity index (χ1n) is 10.4. The number of guanidine groups is 1. The topological polar surface area (TPSA) is 65.9 Å². The van der Waals surface area contributed by atoms with Gasteiger partial charge in [-0.15, -0.1) is 0 Å². The molecule has 1 saturated carbocycles. The van der Waals surface area contributed by atoms with Crippen molar-refractivity contribution < 1.29 is 4.74 Å². The van der Waals surface area contributed by atoms with E-state index in [1.54, 1.807) is 0 Å². The number of aliphatic imine (C=N–C) groups is 1. The summed E-state index contributed by atoms with van der Waals surface area (Å²) in [5, 5.41) is 4.55. The van der Waals surface area contributed by atoms with Gasteiger partial charge in [-0.2, -0.15) is 4.37 Å². The van der Waals surface area contributed by atoms with Gasteiger partial charge in [-0.3, -0.25) is 4.99 Å². The Bertz CT molecular complexity index is 579. The van der Waals surface area contributed by atoms with E-state index >= 15 is 0 Å². The molecule has 1 aliphatic heterocycles. The summed E-state index contributed by atoms with van der Waals surface area (Å²) in [6.07, 6.45) is 8.96. The van der Waals surface area contributed by atoms with Crippen molar-refractivity contribution in [1.82, 2.24) is 19.6 Å². The molecule has 0 atom stereocenters. The average Bonchev–Trinajstić information content (AvgIpc) is 3.21. The van der Waals surface area contributed by atoms with Crippen molar-refractivity contribution >= 4 is 22.6 Å². The van der Waals surface area contributed by atoms with E-state index in [1.165, 1.54) is 43.6 Å². The van der Waals surface area contributed by atoms with Crippen molar-refractivity contribution in [2.45, 2.75) is 58.0 Å². The van der Waals surface area contributed by atoms with Gasteiger partial charge in [-0.05, 0) is 19.3 Å². The minimum atomic E-state index is 0.500. The SMILES string of the molecule is CCc1nsc(N2CCN(C(=NC)NCCCOC3CCCCC3)CC2)n1. The third-order valence-corrected chi connectivity index (χ3v) is 6.16. The highest BCUT2D eigenvalue weighted by Gasteiger charge is 2.22. The number of aromatic nitrogens is 2. The van der Waals surface area contributed by atoms with Crippen molar-refractivity contribution in [3.63, 3.8) is 0 Å². The molecular formula is C19H34N6OS. The lowest BCUT2D eigenvalue weighted by atomic mass is 9.98. The maximum Gasteiger partial charge on any atom is 0.205 e. The molecule has 0 spiro atoms. The molecule has 0 amide bonds. The number of ether oxygens (including phenoxy) is 1. The molecule has 3 rings (SSSR count). The molecule has 152 valence electrons. The van der Waals surface area contributed by atoms with E-state index < -0.39 is 0 Å². The number of nitrogens with zero attached hydrogens (tertiary/aromatic N) is 5. The van der Waals surface area contributed by atoms with Crippen LogP contribution < -0.4 is 10.2 Å². The fraction of sp³-hybridized carbons (Fsp3) is 0.842. The summed E-state index contributed by atoms with van der Waals surface area (Å²) in [6.45, 7) is 7.70. The number of hydrogen-bond donors (Lipinski definition) is 1. The summed E-state index contributed by atoms with van der Waals surface area (Å²) < 4.78 is 10.4. The van der Waals surface area contributed by atoms with Crippen molar-refractivity contribution in [2.75, 3.05) is 51.3 Å². The Hall–Kier alpha value is -1.41. The number of rotatable bonds is 7. The van der Waals surface area contributed by atoms with Crippen molar-refractivity contribution in [3.8, 4) is 0 Å². The average molecular weight is 395 g/mol. The number of aryl methyl sites for hydroxylation is 1. The van der Waals surface area contributed by atoms with E-state index in [9.17, 15) is 0 Å². The van der Waals surface area contributed by atoms with Gasteiger partial charge in [0.15, 0.2) is 5.96 Å². The molecule has 0 aromatic carbocycles. The van der Waals surface area contributed by atoms with Crippen molar-refractivity contribution in [3.05, 3.63) is 5.82 Å². The molecule has 7 nitrogen and oxygen atoms in total. The van der Waals surface area contributed by atoms with Crippen LogP contribution >= 0.6 is 11.5 Å². The van der Waals surface area contributed by atoms with Crippen molar-refractivity contribution in [2.24, 2.45) is 4.99 Å². The zero-order valence-electron chi connectivity index (χ0n) is 16.8. The second-order valence-electron chi connectivity index (χ2n) is 7.28. The van der Waals surface area contributed by atoms with Gasteiger partial charge in [0.05, 0.1) is 6.10 Å². The highest BCUT2D eigenvalue weighted by atomic mass is 32.1. The fourth-order valence-electron chi connectivity index (χ4n) is 3.71. The van der Waals surface area contributed by atoms with Gasteiger partial charge in [0.2, 0.25) is 5.13 Å². The first kappa shape index (κ1) is 20.3. The standard InChI is InChI=1S/C19H34N6OS/c1-3-17-22-19(27-23-17)25-13-11-24(12-14-25)18(20-2)21-10-7-15-26-16-8-5-4-6-9-16/h16H,3-15H2,1-2H3,(H,20,21). The van der Waals surface area contributed by atoms with E-state index in [0.29, 0.717) is 6.10 Å². The second kappa shape index (κ2) is 10.8. The summed E-state index contributed by atoms with van der Waals surface area (Å²) in [5.74, 6) is 1.95. The molecule has 0 unspecified atom stereocenters. The zero-order valence-corrected chi connectivity index (χ0v) is 17.6. The lowest BCUT2D eigenvalue weighted by Crippen LogP contribution is -2.52. The monoisotopic (exact) mass is 394 g/mol. The Kier molecular flexibility index (Phi) is 8.13. The third kappa shape index (κ3) is 6.04. The van der Waals surface area contributed by atoms with Gasteiger partial charge in [-0.25, -0.2) is 4.98 Å². The Morgan fingerprint density at radius 3 is 2.67 bits per heavy atom. The predicted octanol–water partition coefficient (Wildman–Crippen LogP) is 2.54. The highest BCUT2D eigenvalue weighted by Crippen LogP contribution is 2.20. The normalized spacial score (nSPS) is 19.6. The van der Waals surface area contributed by atoms with E-state index in [-0.39, 0.29) is 0 Å². The van der Waals surface area contributed by atoms with Crippen LogP contribution in [0.5, 0.6) is 0 Å². The van der Waals surface area contributed by atoms with Crippen LogP contribution in [0.25, 0.3) is 0 Å². The number of nitrogens with one attached hydrogen (secondary N) is 1. The quantitative estimate of drug-likeness (QED) is 0.436. The molecule has 0 bridgehead atoms. The molecule has 1 saturated heterocycles.